The maximum atomic E-state index is 5.46. The predicted octanol–water partition coefficient (Wildman–Crippen LogP) is 1.76. The van der Waals surface area contributed by atoms with Crippen molar-refractivity contribution in [2.45, 2.75) is 25.9 Å². The second-order valence-corrected chi connectivity index (χ2v) is 4.70. The van der Waals surface area contributed by atoms with E-state index in [2.05, 4.69) is 40.9 Å². The van der Waals surface area contributed by atoms with Crippen molar-refractivity contribution in [3.8, 4) is 0 Å². The summed E-state index contributed by atoms with van der Waals surface area (Å²) in [5.41, 5.74) is 7.95. The molecule has 19 heavy (non-hydrogen) atoms. The molecule has 3 N–H and O–H groups in total. The molecule has 4 nitrogen and oxygen atoms in total. The number of benzene rings is 1. The van der Waals surface area contributed by atoms with Crippen molar-refractivity contribution in [2.75, 3.05) is 13.1 Å². The number of hydrogen-bond acceptors (Lipinski definition) is 3. The highest BCUT2D eigenvalue weighted by Gasteiger charge is 1.99. The number of nitrogens with one attached hydrogen (secondary N) is 1. The lowest BCUT2D eigenvalue weighted by Crippen LogP contribution is -2.15. The van der Waals surface area contributed by atoms with Crippen molar-refractivity contribution < 1.29 is 0 Å². The standard InChI is InChI=1S/C15H22N4/c16-8-4-5-9-17-10-15-11-18-19(13-15)12-14-6-2-1-3-7-14/h1-3,6-7,11,13,17H,4-5,8-10,12,16H2. The Morgan fingerprint density at radius 1 is 1.11 bits per heavy atom. The van der Waals surface area contributed by atoms with Crippen LogP contribution >= 0.6 is 0 Å². The molecule has 0 amide bonds. The first-order valence-corrected chi connectivity index (χ1v) is 6.84. The molecule has 0 unspecified atom stereocenters. The van der Waals surface area contributed by atoms with Gasteiger partial charge in [0.15, 0.2) is 0 Å². The van der Waals surface area contributed by atoms with E-state index in [1.165, 1.54) is 11.1 Å². The Labute approximate surface area is 114 Å². The van der Waals surface area contributed by atoms with Gasteiger partial charge in [0.1, 0.15) is 0 Å². The maximum Gasteiger partial charge on any atom is 0.0659 e. The average Bonchev–Trinajstić information content (AvgIpc) is 2.87. The normalized spacial score (nSPS) is 10.8. The minimum Gasteiger partial charge on any atom is -0.330 e. The summed E-state index contributed by atoms with van der Waals surface area (Å²) in [5, 5.41) is 7.79. The number of nitrogens with two attached hydrogens (primary N) is 1. The molecule has 0 aliphatic heterocycles. The Balaban J connectivity index is 1.76. The Kier molecular flexibility index (Phi) is 5.59. The van der Waals surface area contributed by atoms with Gasteiger partial charge in [-0.2, -0.15) is 5.10 Å². The number of hydrogen-bond donors (Lipinski definition) is 2. The number of rotatable bonds is 8. The van der Waals surface area contributed by atoms with Crippen molar-refractivity contribution in [3.63, 3.8) is 0 Å². The number of nitrogens with zero attached hydrogens (tertiary/aromatic N) is 2. The summed E-state index contributed by atoms with van der Waals surface area (Å²) in [6.07, 6.45) is 6.25. The van der Waals surface area contributed by atoms with Crippen LogP contribution in [0.1, 0.15) is 24.0 Å². The highest BCUT2D eigenvalue weighted by atomic mass is 15.3. The molecule has 0 fully saturated rings. The summed E-state index contributed by atoms with van der Waals surface area (Å²) in [7, 11) is 0. The van der Waals surface area contributed by atoms with E-state index < -0.39 is 0 Å². The largest absolute Gasteiger partial charge is 0.330 e. The van der Waals surface area contributed by atoms with Gasteiger partial charge in [0, 0.05) is 18.3 Å². The molecule has 0 atom stereocenters. The first-order valence-electron chi connectivity index (χ1n) is 6.84. The lowest BCUT2D eigenvalue weighted by atomic mass is 10.2. The Bertz CT molecular complexity index is 464. The van der Waals surface area contributed by atoms with E-state index >= 15 is 0 Å². The van der Waals surface area contributed by atoms with Crippen molar-refractivity contribution in [1.82, 2.24) is 15.1 Å². The lowest BCUT2D eigenvalue weighted by Gasteiger charge is -2.02. The Morgan fingerprint density at radius 2 is 1.95 bits per heavy atom. The van der Waals surface area contributed by atoms with E-state index in [-0.39, 0.29) is 0 Å². The van der Waals surface area contributed by atoms with Gasteiger partial charge in [-0.1, -0.05) is 30.3 Å². The van der Waals surface area contributed by atoms with Gasteiger partial charge in [0.25, 0.3) is 0 Å². The van der Waals surface area contributed by atoms with Crippen molar-refractivity contribution >= 4 is 0 Å². The Hall–Kier alpha value is -1.65. The van der Waals surface area contributed by atoms with Gasteiger partial charge in [0.05, 0.1) is 12.7 Å². The molecule has 0 aliphatic rings. The molecule has 0 bridgehead atoms. The third kappa shape index (κ3) is 4.85. The zero-order valence-corrected chi connectivity index (χ0v) is 11.3. The molecule has 0 saturated carbocycles. The van der Waals surface area contributed by atoms with Crippen molar-refractivity contribution in [1.29, 1.82) is 0 Å². The van der Waals surface area contributed by atoms with Crippen LogP contribution in [0.25, 0.3) is 0 Å². The zero-order valence-electron chi connectivity index (χ0n) is 11.3. The van der Waals surface area contributed by atoms with E-state index in [1.807, 2.05) is 16.9 Å². The van der Waals surface area contributed by atoms with Gasteiger partial charge in [-0.15, -0.1) is 0 Å². The van der Waals surface area contributed by atoms with Crippen LogP contribution in [-0.2, 0) is 13.1 Å². The molecule has 1 aromatic heterocycles. The molecule has 4 heteroatoms. The number of aromatic nitrogens is 2. The molecule has 1 aromatic carbocycles. The second-order valence-electron chi connectivity index (χ2n) is 4.70. The first kappa shape index (κ1) is 13.8. The van der Waals surface area contributed by atoms with Gasteiger partial charge in [-0.3, -0.25) is 4.68 Å². The van der Waals surface area contributed by atoms with E-state index in [0.717, 1.165) is 39.0 Å². The summed E-state index contributed by atoms with van der Waals surface area (Å²) >= 11 is 0. The molecular formula is C15H22N4. The minimum absolute atomic E-state index is 0.774. The van der Waals surface area contributed by atoms with Crippen LogP contribution in [-0.4, -0.2) is 22.9 Å². The summed E-state index contributed by atoms with van der Waals surface area (Å²) < 4.78 is 1.98. The first-order chi connectivity index (χ1) is 9.38. The SMILES string of the molecule is NCCCCNCc1cnn(Cc2ccccc2)c1. The Morgan fingerprint density at radius 3 is 2.74 bits per heavy atom. The van der Waals surface area contributed by atoms with Crippen LogP contribution < -0.4 is 11.1 Å². The number of unbranched alkanes of at least 4 members (excludes halogenated alkanes) is 1. The van der Waals surface area contributed by atoms with E-state index in [1.54, 1.807) is 0 Å². The van der Waals surface area contributed by atoms with Crippen LogP contribution in [0.15, 0.2) is 42.7 Å². The van der Waals surface area contributed by atoms with E-state index in [9.17, 15) is 0 Å². The van der Waals surface area contributed by atoms with Crippen LogP contribution in [0.3, 0.4) is 0 Å². The smallest absolute Gasteiger partial charge is 0.0659 e. The van der Waals surface area contributed by atoms with Crippen LogP contribution in [0.4, 0.5) is 0 Å². The molecule has 1 heterocycles. The quantitative estimate of drug-likeness (QED) is 0.709. The molecule has 2 aromatic rings. The fraction of sp³-hybridized carbons (Fsp3) is 0.400. The highest BCUT2D eigenvalue weighted by Crippen LogP contribution is 2.03. The molecule has 0 aliphatic carbocycles. The minimum atomic E-state index is 0.774. The lowest BCUT2D eigenvalue weighted by molar-refractivity contribution is 0.626. The maximum absolute atomic E-state index is 5.46. The summed E-state index contributed by atoms with van der Waals surface area (Å²) in [6, 6.07) is 10.4. The zero-order chi connectivity index (χ0) is 13.3. The second kappa shape index (κ2) is 7.71. The third-order valence-electron chi connectivity index (χ3n) is 3.01. The fourth-order valence-corrected chi connectivity index (χ4v) is 1.98. The van der Waals surface area contributed by atoms with Crippen LogP contribution in [0.2, 0.25) is 0 Å². The van der Waals surface area contributed by atoms with E-state index in [4.69, 9.17) is 5.73 Å². The summed E-state index contributed by atoms with van der Waals surface area (Å²) in [4.78, 5) is 0. The van der Waals surface area contributed by atoms with Gasteiger partial charge in [0.2, 0.25) is 0 Å². The molecule has 2 rings (SSSR count). The average molecular weight is 258 g/mol. The predicted molar refractivity (Wildman–Crippen MR) is 77.8 cm³/mol. The van der Waals surface area contributed by atoms with Crippen molar-refractivity contribution in [2.24, 2.45) is 5.73 Å². The molecule has 102 valence electrons. The van der Waals surface area contributed by atoms with Gasteiger partial charge < -0.3 is 11.1 Å². The monoisotopic (exact) mass is 258 g/mol. The van der Waals surface area contributed by atoms with Gasteiger partial charge >= 0.3 is 0 Å². The molecule has 0 spiro atoms. The van der Waals surface area contributed by atoms with Crippen LogP contribution in [0.5, 0.6) is 0 Å². The molecular weight excluding hydrogens is 236 g/mol. The highest BCUT2D eigenvalue weighted by molar-refractivity contribution is 5.15. The summed E-state index contributed by atoms with van der Waals surface area (Å²) in [5.74, 6) is 0. The fourth-order valence-electron chi connectivity index (χ4n) is 1.98. The van der Waals surface area contributed by atoms with Crippen LogP contribution in [0, 0.1) is 0 Å². The summed E-state index contributed by atoms with van der Waals surface area (Å²) in [6.45, 7) is 3.49. The topological polar surface area (TPSA) is 55.9 Å². The molecule has 0 saturated heterocycles. The van der Waals surface area contributed by atoms with Crippen molar-refractivity contribution in [3.05, 3.63) is 53.9 Å². The van der Waals surface area contributed by atoms with E-state index in [0.29, 0.717) is 0 Å². The van der Waals surface area contributed by atoms with Gasteiger partial charge in [-0.05, 0) is 31.5 Å². The third-order valence-corrected chi connectivity index (χ3v) is 3.01. The van der Waals surface area contributed by atoms with Gasteiger partial charge in [-0.25, -0.2) is 0 Å². The molecule has 0 radical (unpaired) electrons.